The average Bonchev–Trinajstić information content (AvgIpc) is 3.40. The quantitative estimate of drug-likeness (QED) is 0.209. The number of hydrogen-bond donors (Lipinski definition) is 2. The van der Waals surface area contributed by atoms with E-state index in [9.17, 15) is 18.0 Å². The number of amidine groups is 1. The number of aryl methyl sites for hydroxylation is 1. The van der Waals surface area contributed by atoms with Crippen LogP contribution in [-0.4, -0.2) is 86.1 Å². The summed E-state index contributed by atoms with van der Waals surface area (Å²) in [4.78, 5) is 38.8. The second-order valence-corrected chi connectivity index (χ2v) is 13.6. The van der Waals surface area contributed by atoms with Crippen molar-refractivity contribution >= 4 is 91.6 Å². The molecule has 0 saturated carbocycles. The van der Waals surface area contributed by atoms with E-state index in [1.807, 2.05) is 49.5 Å². The number of piperazine rings is 1. The van der Waals surface area contributed by atoms with E-state index >= 15 is 0 Å². The summed E-state index contributed by atoms with van der Waals surface area (Å²) in [5.41, 5.74) is 4.30. The molecule has 1 aromatic heterocycles. The molecule has 0 spiro atoms. The van der Waals surface area contributed by atoms with E-state index in [1.54, 1.807) is 36.4 Å². The summed E-state index contributed by atoms with van der Waals surface area (Å²) in [7, 11) is -3.94. The molecule has 0 aliphatic carbocycles. The summed E-state index contributed by atoms with van der Waals surface area (Å²) in [5, 5.41) is 3.59. The molecule has 10 nitrogen and oxygen atoms in total. The molecule has 2 amide bonds. The van der Waals surface area contributed by atoms with Gasteiger partial charge in [0.25, 0.3) is 15.9 Å². The van der Waals surface area contributed by atoms with E-state index < -0.39 is 15.9 Å². The monoisotopic (exact) mass is 676 g/mol. The topological polar surface area (TPSA) is 124 Å². The second kappa shape index (κ2) is 15.3. The molecule has 236 valence electrons. The standard InChI is InChI=1S/C34H32N6O4S2.Na.H/c1-24-5-15-29(16-6-24)46(43,44)38-32(41)23-26-7-11-27(12-8-26)36-34-37-33(42)30(45-34)22-25-9-13-28(14-10-25)39-18-20-40(21-19-39)31-4-2-3-17-35-31;;/h2-17,22H,18-21,23H2,1H3,(H,38,41)(H,36,37,42);;/b30-22-;;. The zero-order chi connectivity index (χ0) is 32.1. The van der Waals surface area contributed by atoms with Crippen LogP contribution in [0.2, 0.25) is 0 Å². The number of aliphatic imine (C=N–C) groups is 1. The molecule has 3 heterocycles. The van der Waals surface area contributed by atoms with Crippen LogP contribution in [0.5, 0.6) is 0 Å². The van der Waals surface area contributed by atoms with E-state index in [0.29, 0.717) is 21.3 Å². The summed E-state index contributed by atoms with van der Waals surface area (Å²) < 4.78 is 27.1. The van der Waals surface area contributed by atoms with Crippen LogP contribution in [0.15, 0.2) is 112 Å². The third kappa shape index (κ3) is 8.91. The van der Waals surface area contributed by atoms with Crippen LogP contribution >= 0.6 is 11.8 Å². The van der Waals surface area contributed by atoms with Gasteiger partial charge in [-0.2, -0.15) is 4.99 Å². The van der Waals surface area contributed by atoms with Gasteiger partial charge in [-0.05, 0) is 84.4 Å². The number of benzene rings is 3. The number of anilines is 3. The second-order valence-electron chi connectivity index (χ2n) is 10.9. The Hall–Kier alpha value is -3.94. The van der Waals surface area contributed by atoms with Crippen molar-refractivity contribution in [3.8, 4) is 0 Å². The first kappa shape index (κ1) is 34.4. The number of pyridine rings is 1. The third-order valence-electron chi connectivity index (χ3n) is 7.58. The van der Waals surface area contributed by atoms with Crippen molar-refractivity contribution in [3.05, 3.63) is 119 Å². The average molecular weight is 677 g/mol. The van der Waals surface area contributed by atoms with Gasteiger partial charge in [-0.15, -0.1) is 0 Å². The number of rotatable bonds is 8. The van der Waals surface area contributed by atoms with E-state index in [2.05, 4.69) is 41.9 Å². The van der Waals surface area contributed by atoms with Gasteiger partial charge in [-0.25, -0.2) is 18.1 Å². The van der Waals surface area contributed by atoms with Gasteiger partial charge >= 0.3 is 29.6 Å². The fraction of sp³-hybridized carbons (Fsp3) is 0.176. The maximum absolute atomic E-state index is 12.6. The summed E-state index contributed by atoms with van der Waals surface area (Å²) in [6.45, 7) is 5.46. The number of aromatic nitrogens is 1. The van der Waals surface area contributed by atoms with Gasteiger partial charge in [0.05, 0.1) is 16.2 Å². The van der Waals surface area contributed by atoms with Crippen molar-refractivity contribution in [1.82, 2.24) is 9.71 Å². The van der Waals surface area contributed by atoms with Crippen molar-refractivity contribution in [1.29, 1.82) is 0 Å². The van der Waals surface area contributed by atoms with Crippen molar-refractivity contribution in [2.45, 2.75) is 18.2 Å². The van der Waals surface area contributed by atoms with Gasteiger partial charge in [0, 0.05) is 43.8 Å². The molecular formula is C34H33N6NaO4S2. The van der Waals surface area contributed by atoms with Crippen LogP contribution in [0.1, 0.15) is 16.7 Å². The molecule has 0 atom stereocenters. The molecule has 2 aliphatic heterocycles. The number of sulfonamides is 1. The number of carbonyl (C=O) groups is 2. The van der Waals surface area contributed by atoms with Crippen molar-refractivity contribution in [2.24, 2.45) is 4.99 Å². The van der Waals surface area contributed by atoms with E-state index in [1.165, 1.54) is 23.9 Å². The van der Waals surface area contributed by atoms with Crippen molar-refractivity contribution in [3.63, 3.8) is 0 Å². The Morgan fingerprint density at radius 1 is 0.894 bits per heavy atom. The Morgan fingerprint density at radius 3 is 2.23 bits per heavy atom. The minimum absolute atomic E-state index is 0. The molecular weight excluding hydrogens is 644 g/mol. The first-order valence-corrected chi connectivity index (χ1v) is 17.0. The molecule has 2 aliphatic rings. The summed E-state index contributed by atoms with van der Waals surface area (Å²) in [6, 6.07) is 27.4. The molecule has 1 fully saturated rings. The molecule has 4 aromatic rings. The summed E-state index contributed by atoms with van der Waals surface area (Å²) in [5.74, 6) is 0.0589. The molecule has 1 saturated heterocycles. The van der Waals surface area contributed by atoms with Crippen LogP contribution in [0.3, 0.4) is 0 Å². The van der Waals surface area contributed by atoms with Crippen LogP contribution in [0.25, 0.3) is 6.08 Å². The summed E-state index contributed by atoms with van der Waals surface area (Å²) in [6.07, 6.45) is 3.55. The van der Waals surface area contributed by atoms with Crippen LogP contribution in [-0.2, 0) is 26.0 Å². The number of nitrogens with one attached hydrogen (secondary N) is 2. The Labute approximate surface area is 300 Å². The molecule has 0 radical (unpaired) electrons. The maximum atomic E-state index is 12.6. The van der Waals surface area contributed by atoms with Crippen LogP contribution < -0.4 is 19.8 Å². The van der Waals surface area contributed by atoms with E-state index in [0.717, 1.165) is 48.8 Å². The van der Waals surface area contributed by atoms with E-state index in [4.69, 9.17) is 0 Å². The van der Waals surface area contributed by atoms with Crippen molar-refractivity contribution < 1.29 is 18.0 Å². The molecule has 0 bridgehead atoms. The Kier molecular flexibility index (Phi) is 11.2. The van der Waals surface area contributed by atoms with E-state index in [-0.39, 0.29) is 46.8 Å². The number of nitrogens with zero attached hydrogens (tertiary/aromatic N) is 4. The van der Waals surface area contributed by atoms with Crippen LogP contribution in [0, 0.1) is 6.92 Å². The fourth-order valence-electron chi connectivity index (χ4n) is 5.11. The molecule has 47 heavy (non-hydrogen) atoms. The number of hydrogen-bond acceptors (Lipinski definition) is 9. The zero-order valence-electron chi connectivity index (χ0n) is 25.1. The normalized spacial score (nSPS) is 15.6. The predicted molar refractivity (Wildman–Crippen MR) is 191 cm³/mol. The molecule has 3 aromatic carbocycles. The molecule has 2 N–H and O–H groups in total. The molecule has 13 heteroatoms. The minimum atomic E-state index is -3.94. The first-order chi connectivity index (χ1) is 22.2. The van der Waals surface area contributed by atoms with Gasteiger partial charge in [-0.3, -0.25) is 9.59 Å². The Balaban J connectivity index is 0.00000433. The van der Waals surface area contributed by atoms with Gasteiger partial charge in [-0.1, -0.05) is 48.0 Å². The van der Waals surface area contributed by atoms with Gasteiger partial charge in [0.1, 0.15) is 5.82 Å². The van der Waals surface area contributed by atoms with Crippen LogP contribution in [0.4, 0.5) is 17.2 Å². The third-order valence-corrected chi connectivity index (χ3v) is 9.87. The Morgan fingerprint density at radius 2 is 1.57 bits per heavy atom. The van der Waals surface area contributed by atoms with Gasteiger partial charge < -0.3 is 15.1 Å². The summed E-state index contributed by atoms with van der Waals surface area (Å²) >= 11 is 1.26. The fourth-order valence-corrected chi connectivity index (χ4v) is 6.92. The van der Waals surface area contributed by atoms with Crippen molar-refractivity contribution in [2.75, 3.05) is 41.3 Å². The number of carbonyl (C=O) groups excluding carboxylic acids is 2. The predicted octanol–water partition coefficient (Wildman–Crippen LogP) is 4.20. The number of thioether (sulfide) groups is 1. The zero-order valence-corrected chi connectivity index (χ0v) is 26.7. The number of amides is 2. The first-order valence-electron chi connectivity index (χ1n) is 14.7. The Bertz CT molecular complexity index is 1890. The van der Waals surface area contributed by atoms with Gasteiger partial charge in [0.2, 0.25) is 5.91 Å². The SMILES string of the molecule is Cc1ccc(S(=O)(=O)NC(=O)Cc2ccc(NC3=NC(=O)/C(=C/c4ccc(N5CCN(c6ccccn6)CC5)cc4)S3)cc2)cc1.[NaH]. The molecule has 0 unspecified atom stereocenters. The molecule has 6 rings (SSSR count). The van der Waals surface area contributed by atoms with Gasteiger partial charge in [0.15, 0.2) is 5.17 Å².